The van der Waals surface area contributed by atoms with Crippen molar-refractivity contribution in [3.8, 4) is 5.75 Å². The van der Waals surface area contributed by atoms with Gasteiger partial charge in [0.1, 0.15) is 0 Å². The highest BCUT2D eigenvalue weighted by Crippen LogP contribution is 2.26. The summed E-state index contributed by atoms with van der Waals surface area (Å²) in [5.41, 5.74) is 0.0578. The van der Waals surface area contributed by atoms with Gasteiger partial charge in [0.15, 0.2) is 11.6 Å². The highest BCUT2D eigenvalue weighted by molar-refractivity contribution is 6.06. The number of anilines is 1. The maximum atomic E-state index is 13.6. The molecule has 9 heteroatoms. The number of ether oxygens (including phenoxy) is 1. The van der Waals surface area contributed by atoms with Crippen LogP contribution >= 0.6 is 0 Å². The van der Waals surface area contributed by atoms with Gasteiger partial charge in [-0.05, 0) is 35.9 Å². The zero-order chi connectivity index (χ0) is 19.3. The van der Waals surface area contributed by atoms with Gasteiger partial charge in [0.2, 0.25) is 5.91 Å². The number of aromatic carboxylic acids is 1. The SMILES string of the molecule is O=C(C=Cc1ccc(OC(F)(F)F)c(F)c1)Nc1ccccc1C(=O)O. The van der Waals surface area contributed by atoms with Crippen molar-refractivity contribution in [2.75, 3.05) is 5.32 Å². The van der Waals surface area contributed by atoms with Gasteiger partial charge in [-0.15, -0.1) is 13.2 Å². The zero-order valence-corrected chi connectivity index (χ0v) is 12.9. The number of halogens is 4. The molecule has 0 saturated carbocycles. The van der Waals surface area contributed by atoms with Gasteiger partial charge in [0.25, 0.3) is 0 Å². The summed E-state index contributed by atoms with van der Waals surface area (Å²) in [6.07, 6.45) is -2.88. The first-order valence-electron chi connectivity index (χ1n) is 7.02. The lowest BCUT2D eigenvalue weighted by atomic mass is 10.1. The maximum absolute atomic E-state index is 13.6. The Morgan fingerprint density at radius 1 is 1.12 bits per heavy atom. The van der Waals surface area contributed by atoms with Gasteiger partial charge < -0.3 is 15.2 Å². The van der Waals surface area contributed by atoms with Crippen LogP contribution in [0, 0.1) is 5.82 Å². The number of para-hydroxylation sites is 1. The first-order chi connectivity index (χ1) is 12.2. The Balaban J connectivity index is 2.09. The number of carbonyl (C=O) groups is 2. The molecule has 0 atom stereocenters. The van der Waals surface area contributed by atoms with Crippen molar-refractivity contribution in [1.29, 1.82) is 0 Å². The summed E-state index contributed by atoms with van der Waals surface area (Å²) in [6.45, 7) is 0. The number of nitrogens with one attached hydrogen (secondary N) is 1. The Morgan fingerprint density at radius 3 is 2.42 bits per heavy atom. The Kier molecular flexibility index (Phi) is 5.61. The predicted molar refractivity (Wildman–Crippen MR) is 84.1 cm³/mol. The Morgan fingerprint density at radius 2 is 1.81 bits per heavy atom. The molecule has 0 spiro atoms. The predicted octanol–water partition coefficient (Wildman–Crippen LogP) is 4.07. The van der Waals surface area contributed by atoms with Crippen LogP contribution in [0.4, 0.5) is 23.2 Å². The van der Waals surface area contributed by atoms with Crippen LogP contribution in [0.15, 0.2) is 48.5 Å². The average Bonchev–Trinajstić information content (AvgIpc) is 2.54. The van der Waals surface area contributed by atoms with Crippen LogP contribution in [0.1, 0.15) is 15.9 Å². The largest absolute Gasteiger partial charge is 0.573 e. The average molecular weight is 369 g/mol. The molecule has 136 valence electrons. The first-order valence-corrected chi connectivity index (χ1v) is 7.02. The number of hydrogen-bond acceptors (Lipinski definition) is 3. The van der Waals surface area contributed by atoms with E-state index >= 15 is 0 Å². The first kappa shape index (κ1) is 19.0. The lowest BCUT2D eigenvalue weighted by Gasteiger charge is -2.09. The van der Waals surface area contributed by atoms with Gasteiger partial charge >= 0.3 is 12.3 Å². The number of alkyl halides is 3. The molecule has 2 aromatic carbocycles. The highest BCUT2D eigenvalue weighted by atomic mass is 19.4. The van der Waals surface area contributed by atoms with E-state index in [0.29, 0.717) is 0 Å². The molecule has 1 amide bonds. The molecule has 0 saturated heterocycles. The van der Waals surface area contributed by atoms with Crippen molar-refractivity contribution in [3.05, 3.63) is 65.5 Å². The third-order valence-corrected chi connectivity index (χ3v) is 3.02. The Hall–Kier alpha value is -3.36. The van der Waals surface area contributed by atoms with Crippen molar-refractivity contribution in [2.24, 2.45) is 0 Å². The third kappa shape index (κ3) is 5.33. The van der Waals surface area contributed by atoms with Crippen LogP contribution in [0.25, 0.3) is 6.08 Å². The van der Waals surface area contributed by atoms with Crippen LogP contribution < -0.4 is 10.1 Å². The molecule has 0 aliphatic rings. The minimum absolute atomic E-state index is 0.0646. The number of hydrogen-bond donors (Lipinski definition) is 2. The monoisotopic (exact) mass is 369 g/mol. The lowest BCUT2D eigenvalue weighted by molar-refractivity contribution is -0.275. The molecule has 2 aromatic rings. The second kappa shape index (κ2) is 7.68. The fraction of sp³-hybridized carbons (Fsp3) is 0.0588. The van der Waals surface area contributed by atoms with E-state index in [0.717, 1.165) is 30.4 Å². The van der Waals surface area contributed by atoms with Gasteiger partial charge in [0.05, 0.1) is 11.3 Å². The molecule has 0 unspecified atom stereocenters. The van der Waals surface area contributed by atoms with E-state index in [-0.39, 0.29) is 16.8 Å². The van der Waals surface area contributed by atoms with Crippen LogP contribution in [-0.2, 0) is 4.79 Å². The van der Waals surface area contributed by atoms with Gasteiger partial charge in [0, 0.05) is 6.08 Å². The van der Waals surface area contributed by atoms with E-state index in [2.05, 4.69) is 10.1 Å². The molecule has 2 rings (SSSR count). The smallest absolute Gasteiger partial charge is 0.478 e. The topological polar surface area (TPSA) is 75.6 Å². The van der Waals surface area contributed by atoms with Crippen molar-refractivity contribution in [1.82, 2.24) is 0 Å². The van der Waals surface area contributed by atoms with Gasteiger partial charge in [-0.3, -0.25) is 4.79 Å². The molecular weight excluding hydrogens is 358 g/mol. The molecule has 0 aliphatic carbocycles. The molecule has 0 radical (unpaired) electrons. The minimum Gasteiger partial charge on any atom is -0.478 e. The summed E-state index contributed by atoms with van der Waals surface area (Å²) in [6, 6.07) is 8.37. The van der Waals surface area contributed by atoms with E-state index in [9.17, 15) is 27.2 Å². The van der Waals surface area contributed by atoms with Crippen molar-refractivity contribution in [2.45, 2.75) is 6.36 Å². The standard InChI is InChI=1S/C17H11F4NO4/c18-12-9-10(5-7-14(12)26-17(19,20)21)6-8-15(23)22-13-4-2-1-3-11(13)16(24)25/h1-9H,(H,22,23)(H,24,25). The maximum Gasteiger partial charge on any atom is 0.573 e. The molecule has 2 N–H and O–H groups in total. The number of carboxylic acid groups (broad SMARTS) is 1. The second-order valence-electron chi connectivity index (χ2n) is 4.91. The molecule has 26 heavy (non-hydrogen) atoms. The van der Waals surface area contributed by atoms with Crippen LogP contribution in [-0.4, -0.2) is 23.3 Å². The number of benzene rings is 2. The number of rotatable bonds is 5. The van der Waals surface area contributed by atoms with Crippen LogP contribution in [0.2, 0.25) is 0 Å². The van der Waals surface area contributed by atoms with Crippen molar-refractivity contribution >= 4 is 23.6 Å². The van der Waals surface area contributed by atoms with Gasteiger partial charge in [-0.1, -0.05) is 18.2 Å². The second-order valence-corrected chi connectivity index (χ2v) is 4.91. The Labute approximate surface area is 144 Å². The van der Waals surface area contributed by atoms with E-state index in [4.69, 9.17) is 5.11 Å². The summed E-state index contributed by atoms with van der Waals surface area (Å²) >= 11 is 0. The molecule has 0 bridgehead atoms. The fourth-order valence-corrected chi connectivity index (χ4v) is 1.95. The Bertz CT molecular complexity index is 862. The van der Waals surface area contributed by atoms with E-state index < -0.39 is 29.8 Å². The van der Waals surface area contributed by atoms with Crippen molar-refractivity contribution < 1.29 is 37.0 Å². The minimum atomic E-state index is -5.02. The highest BCUT2D eigenvalue weighted by Gasteiger charge is 2.32. The summed E-state index contributed by atoms with van der Waals surface area (Å²) in [4.78, 5) is 22.9. The number of carbonyl (C=O) groups excluding carboxylic acids is 1. The van der Waals surface area contributed by atoms with Crippen LogP contribution in [0.5, 0.6) is 5.75 Å². The number of amides is 1. The summed E-state index contributed by atoms with van der Waals surface area (Å²) in [7, 11) is 0. The van der Waals surface area contributed by atoms with Crippen molar-refractivity contribution in [3.63, 3.8) is 0 Å². The lowest BCUT2D eigenvalue weighted by Crippen LogP contribution is -2.17. The van der Waals surface area contributed by atoms with E-state index in [1.54, 1.807) is 0 Å². The van der Waals surface area contributed by atoms with E-state index in [1.807, 2.05) is 0 Å². The normalized spacial score (nSPS) is 11.4. The van der Waals surface area contributed by atoms with E-state index in [1.165, 1.54) is 24.3 Å². The zero-order valence-electron chi connectivity index (χ0n) is 12.9. The molecule has 0 fully saturated rings. The molecule has 0 aromatic heterocycles. The molecule has 5 nitrogen and oxygen atoms in total. The summed E-state index contributed by atoms with van der Waals surface area (Å²) in [5, 5.41) is 11.4. The van der Waals surface area contributed by atoms with Gasteiger partial charge in [-0.25, -0.2) is 9.18 Å². The molecular formula is C17H11F4NO4. The number of carboxylic acids is 1. The fourth-order valence-electron chi connectivity index (χ4n) is 1.95. The third-order valence-electron chi connectivity index (χ3n) is 3.02. The molecule has 0 aliphatic heterocycles. The summed E-state index contributed by atoms with van der Waals surface area (Å²) in [5.74, 6) is -4.17. The van der Waals surface area contributed by atoms with Crippen LogP contribution in [0.3, 0.4) is 0 Å². The molecule has 0 heterocycles. The van der Waals surface area contributed by atoms with Gasteiger partial charge in [-0.2, -0.15) is 0 Å². The quantitative estimate of drug-likeness (QED) is 0.615. The summed E-state index contributed by atoms with van der Waals surface area (Å²) < 4.78 is 53.3.